The van der Waals surface area contributed by atoms with Crippen LogP contribution in [0.3, 0.4) is 0 Å². The minimum Gasteiger partial charge on any atom is -0.337 e. The van der Waals surface area contributed by atoms with Crippen LogP contribution in [-0.4, -0.2) is 34.1 Å². The summed E-state index contributed by atoms with van der Waals surface area (Å²) >= 11 is 0. The number of hydrogen-bond donors (Lipinski definition) is 0. The molecule has 1 aliphatic rings. The standard InChI is InChI=1S/C11H15N3O.C2H6/c1-9-4-7-14(8-5-9)11(15)10-3-2-6-12-13-10;1-2/h2-3,6,9H,4-5,7-8H2,1H3;1-2H3. The van der Waals surface area contributed by atoms with Crippen LogP contribution < -0.4 is 0 Å². The van der Waals surface area contributed by atoms with Crippen molar-refractivity contribution in [3.8, 4) is 0 Å². The van der Waals surface area contributed by atoms with Crippen LogP contribution in [0.1, 0.15) is 44.1 Å². The molecule has 0 N–H and O–H groups in total. The van der Waals surface area contributed by atoms with Gasteiger partial charge < -0.3 is 4.90 Å². The number of nitrogens with zero attached hydrogens (tertiary/aromatic N) is 3. The monoisotopic (exact) mass is 235 g/mol. The van der Waals surface area contributed by atoms with Gasteiger partial charge in [-0.15, -0.1) is 5.10 Å². The van der Waals surface area contributed by atoms with Crippen LogP contribution in [-0.2, 0) is 0 Å². The first-order valence-electron chi connectivity index (χ1n) is 6.34. The van der Waals surface area contributed by atoms with Gasteiger partial charge in [0.05, 0.1) is 0 Å². The van der Waals surface area contributed by atoms with Crippen molar-refractivity contribution in [3.63, 3.8) is 0 Å². The summed E-state index contributed by atoms with van der Waals surface area (Å²) in [7, 11) is 0. The molecule has 1 saturated heterocycles. The first-order chi connectivity index (χ1) is 8.27. The zero-order valence-corrected chi connectivity index (χ0v) is 10.9. The van der Waals surface area contributed by atoms with Gasteiger partial charge in [0.1, 0.15) is 0 Å². The fourth-order valence-corrected chi connectivity index (χ4v) is 1.79. The van der Waals surface area contributed by atoms with E-state index >= 15 is 0 Å². The SMILES string of the molecule is CC.CC1CCN(C(=O)c2cccnn2)CC1. The normalized spacial score (nSPS) is 16.1. The van der Waals surface area contributed by atoms with Crippen LogP contribution in [0.15, 0.2) is 18.3 Å². The van der Waals surface area contributed by atoms with Gasteiger partial charge in [0.15, 0.2) is 5.69 Å². The molecule has 0 radical (unpaired) electrons. The van der Waals surface area contributed by atoms with Crippen molar-refractivity contribution in [2.24, 2.45) is 5.92 Å². The summed E-state index contributed by atoms with van der Waals surface area (Å²) in [4.78, 5) is 13.8. The minimum absolute atomic E-state index is 0.00926. The molecule has 0 unspecified atom stereocenters. The fraction of sp³-hybridized carbons (Fsp3) is 0.615. The summed E-state index contributed by atoms with van der Waals surface area (Å²) in [6.45, 7) is 7.91. The predicted molar refractivity (Wildman–Crippen MR) is 67.7 cm³/mol. The lowest BCUT2D eigenvalue weighted by Gasteiger charge is -2.29. The number of likely N-dealkylation sites (tertiary alicyclic amines) is 1. The molecule has 1 fully saturated rings. The van der Waals surface area contributed by atoms with Crippen LogP contribution in [0.5, 0.6) is 0 Å². The van der Waals surface area contributed by atoms with Gasteiger partial charge in [-0.1, -0.05) is 20.8 Å². The van der Waals surface area contributed by atoms with Gasteiger partial charge in [-0.25, -0.2) is 0 Å². The fourth-order valence-electron chi connectivity index (χ4n) is 1.79. The summed E-state index contributed by atoms with van der Waals surface area (Å²) in [5.74, 6) is 0.742. The molecular formula is C13H21N3O. The van der Waals surface area contributed by atoms with E-state index in [9.17, 15) is 4.79 Å². The second kappa shape index (κ2) is 6.99. The van der Waals surface area contributed by atoms with Gasteiger partial charge >= 0.3 is 0 Å². The van der Waals surface area contributed by atoms with Crippen molar-refractivity contribution in [3.05, 3.63) is 24.0 Å². The number of hydrogen-bond acceptors (Lipinski definition) is 3. The Bertz CT molecular complexity index is 332. The lowest BCUT2D eigenvalue weighted by atomic mass is 9.99. The lowest BCUT2D eigenvalue weighted by molar-refractivity contribution is 0.0690. The van der Waals surface area contributed by atoms with E-state index in [2.05, 4.69) is 17.1 Å². The molecule has 0 bridgehead atoms. The zero-order valence-electron chi connectivity index (χ0n) is 10.9. The molecule has 1 aromatic rings. The van der Waals surface area contributed by atoms with E-state index in [0.29, 0.717) is 5.69 Å². The Hall–Kier alpha value is -1.45. The topological polar surface area (TPSA) is 46.1 Å². The Labute approximate surface area is 103 Å². The van der Waals surface area contributed by atoms with Gasteiger partial charge in [0, 0.05) is 19.3 Å². The largest absolute Gasteiger partial charge is 0.337 e. The third-order valence-electron chi connectivity index (χ3n) is 2.86. The number of aromatic nitrogens is 2. The highest BCUT2D eigenvalue weighted by molar-refractivity contribution is 5.92. The van der Waals surface area contributed by atoms with E-state index in [4.69, 9.17) is 0 Å². The Balaban J connectivity index is 0.000000686. The van der Waals surface area contributed by atoms with Crippen LogP contribution in [0, 0.1) is 5.92 Å². The molecule has 2 rings (SSSR count). The van der Waals surface area contributed by atoms with Crippen molar-refractivity contribution < 1.29 is 4.79 Å². The van der Waals surface area contributed by atoms with Gasteiger partial charge in [0.2, 0.25) is 0 Å². The van der Waals surface area contributed by atoms with Crippen molar-refractivity contribution in [1.29, 1.82) is 0 Å². The first-order valence-corrected chi connectivity index (χ1v) is 6.34. The third kappa shape index (κ3) is 3.80. The smallest absolute Gasteiger partial charge is 0.274 e. The van der Waals surface area contributed by atoms with Crippen LogP contribution >= 0.6 is 0 Å². The van der Waals surface area contributed by atoms with E-state index in [1.165, 1.54) is 0 Å². The zero-order chi connectivity index (χ0) is 12.7. The van der Waals surface area contributed by atoms with E-state index in [-0.39, 0.29) is 5.91 Å². The average molecular weight is 235 g/mol. The lowest BCUT2D eigenvalue weighted by Crippen LogP contribution is -2.38. The molecule has 17 heavy (non-hydrogen) atoms. The number of piperidine rings is 1. The van der Waals surface area contributed by atoms with E-state index in [0.717, 1.165) is 31.8 Å². The average Bonchev–Trinajstić information content (AvgIpc) is 2.42. The Morgan fingerprint density at radius 3 is 2.53 bits per heavy atom. The summed E-state index contributed by atoms with van der Waals surface area (Å²) in [6, 6.07) is 3.46. The third-order valence-corrected chi connectivity index (χ3v) is 2.86. The van der Waals surface area contributed by atoms with Gasteiger partial charge in [0.25, 0.3) is 5.91 Å². The number of rotatable bonds is 1. The molecule has 1 amide bonds. The minimum atomic E-state index is 0.00926. The molecule has 4 nitrogen and oxygen atoms in total. The van der Waals surface area contributed by atoms with E-state index in [1.54, 1.807) is 18.3 Å². The second-order valence-electron chi connectivity index (χ2n) is 4.08. The summed E-state index contributed by atoms with van der Waals surface area (Å²) in [6.07, 6.45) is 3.76. The van der Waals surface area contributed by atoms with Gasteiger partial charge in [-0.3, -0.25) is 4.79 Å². The molecule has 94 valence electrons. The number of carbonyl (C=O) groups is 1. The van der Waals surface area contributed by atoms with E-state index < -0.39 is 0 Å². The summed E-state index contributed by atoms with van der Waals surface area (Å²) in [5.41, 5.74) is 0.451. The van der Waals surface area contributed by atoms with Crippen LogP contribution in [0.25, 0.3) is 0 Å². The Kier molecular flexibility index (Phi) is 5.60. The molecule has 2 heterocycles. The Morgan fingerprint density at radius 1 is 1.35 bits per heavy atom. The molecular weight excluding hydrogens is 214 g/mol. The quantitative estimate of drug-likeness (QED) is 0.750. The molecule has 4 heteroatoms. The molecule has 0 aromatic carbocycles. The van der Waals surface area contributed by atoms with Crippen molar-refractivity contribution in [2.45, 2.75) is 33.6 Å². The molecule has 0 atom stereocenters. The van der Waals surface area contributed by atoms with E-state index in [1.807, 2.05) is 18.7 Å². The Morgan fingerprint density at radius 2 is 2.00 bits per heavy atom. The van der Waals surface area contributed by atoms with Crippen molar-refractivity contribution in [2.75, 3.05) is 13.1 Å². The second-order valence-corrected chi connectivity index (χ2v) is 4.08. The van der Waals surface area contributed by atoms with Crippen LogP contribution in [0.2, 0.25) is 0 Å². The molecule has 0 aliphatic carbocycles. The van der Waals surface area contributed by atoms with Crippen LogP contribution in [0.4, 0.5) is 0 Å². The predicted octanol–water partition coefficient (Wildman–Crippen LogP) is 2.37. The highest BCUT2D eigenvalue weighted by atomic mass is 16.2. The highest BCUT2D eigenvalue weighted by Crippen LogP contribution is 2.17. The molecule has 0 saturated carbocycles. The molecule has 0 spiro atoms. The van der Waals surface area contributed by atoms with Gasteiger partial charge in [-0.05, 0) is 30.9 Å². The molecule has 1 aliphatic heterocycles. The molecule has 1 aromatic heterocycles. The summed E-state index contributed by atoms with van der Waals surface area (Å²) in [5, 5.41) is 7.55. The maximum absolute atomic E-state index is 11.9. The highest BCUT2D eigenvalue weighted by Gasteiger charge is 2.21. The number of carbonyl (C=O) groups excluding carboxylic acids is 1. The van der Waals surface area contributed by atoms with Crippen molar-refractivity contribution in [1.82, 2.24) is 15.1 Å². The first kappa shape index (κ1) is 13.6. The van der Waals surface area contributed by atoms with Crippen molar-refractivity contribution >= 4 is 5.91 Å². The summed E-state index contributed by atoms with van der Waals surface area (Å²) < 4.78 is 0. The maximum Gasteiger partial charge on any atom is 0.274 e. The number of amides is 1. The van der Waals surface area contributed by atoms with Gasteiger partial charge in [-0.2, -0.15) is 5.10 Å². The maximum atomic E-state index is 11.9.